The first-order valence-electron chi connectivity index (χ1n) is 11.2. The lowest BCUT2D eigenvalue weighted by Gasteiger charge is -2.11. The Kier molecular flexibility index (Phi) is 7.33. The Morgan fingerprint density at radius 3 is 2.08 bits per heavy atom. The minimum Gasteiger partial charge on any atom is -0.465 e. The summed E-state index contributed by atoms with van der Waals surface area (Å²) in [7, 11) is 2.69. The Morgan fingerprint density at radius 1 is 0.811 bits per heavy atom. The largest absolute Gasteiger partial charge is 0.465 e. The van der Waals surface area contributed by atoms with Gasteiger partial charge in [-0.15, -0.1) is 0 Å². The van der Waals surface area contributed by atoms with Crippen molar-refractivity contribution in [3.05, 3.63) is 107 Å². The van der Waals surface area contributed by atoms with Gasteiger partial charge in [0.15, 0.2) is 0 Å². The van der Waals surface area contributed by atoms with Crippen LogP contribution in [0.5, 0.6) is 0 Å². The zero-order chi connectivity index (χ0) is 26.6. The molecule has 5 rings (SSSR count). The van der Waals surface area contributed by atoms with E-state index in [1.807, 2.05) is 34.9 Å². The lowest BCUT2D eigenvalue weighted by Crippen LogP contribution is -2.07. The van der Waals surface area contributed by atoms with Crippen molar-refractivity contribution in [2.45, 2.75) is 12.7 Å². The molecule has 9 heteroatoms. The van der Waals surface area contributed by atoms with Crippen LogP contribution in [-0.2, 0) is 22.2 Å². The number of hydrogen-bond donors (Lipinski definition) is 1. The minimum atomic E-state index is -4.35. The number of carbonyl (C=O) groups is 2. The molecule has 1 N–H and O–H groups in total. The minimum absolute atomic E-state index is 0.312. The third kappa shape index (κ3) is 5.50. The van der Waals surface area contributed by atoms with Gasteiger partial charge >= 0.3 is 18.1 Å². The molecule has 3 aromatic carbocycles. The molecule has 0 saturated heterocycles. The Hall–Kier alpha value is -4.53. The number of nitrogens with zero attached hydrogens (tertiary/aromatic N) is 1. The van der Waals surface area contributed by atoms with Crippen molar-refractivity contribution in [1.82, 2.24) is 9.55 Å². The van der Waals surface area contributed by atoms with E-state index >= 15 is 0 Å². The predicted molar refractivity (Wildman–Crippen MR) is 133 cm³/mol. The van der Waals surface area contributed by atoms with Gasteiger partial charge in [0.2, 0.25) is 0 Å². The van der Waals surface area contributed by atoms with Crippen LogP contribution in [0.1, 0.15) is 31.8 Å². The molecule has 0 aliphatic carbocycles. The number of fused-ring (bicyclic) bond motifs is 2. The van der Waals surface area contributed by atoms with E-state index in [2.05, 4.69) is 9.72 Å². The van der Waals surface area contributed by atoms with Crippen LogP contribution in [0, 0.1) is 0 Å². The maximum atomic E-state index is 12.6. The number of aromatic nitrogens is 2. The number of halogens is 3. The van der Waals surface area contributed by atoms with Crippen molar-refractivity contribution >= 4 is 33.7 Å². The Balaban J connectivity index is 0.000000207. The molecule has 0 radical (unpaired) electrons. The van der Waals surface area contributed by atoms with Gasteiger partial charge in [0.25, 0.3) is 0 Å². The summed E-state index contributed by atoms with van der Waals surface area (Å²) in [5.74, 6) is -0.763. The Bertz CT molecular complexity index is 1550. The smallest absolute Gasteiger partial charge is 0.416 e. The first-order valence-corrected chi connectivity index (χ1v) is 11.2. The summed E-state index contributed by atoms with van der Waals surface area (Å²) in [5.41, 5.74) is 2.55. The number of rotatable bonds is 4. The molecular formula is C28H23F3N2O4. The number of aromatic amines is 1. The third-order valence-corrected chi connectivity index (χ3v) is 5.82. The molecule has 5 aromatic rings. The summed E-state index contributed by atoms with van der Waals surface area (Å²) < 4.78 is 49.2. The Morgan fingerprint density at radius 2 is 1.43 bits per heavy atom. The van der Waals surface area contributed by atoms with Gasteiger partial charge in [-0.25, -0.2) is 9.59 Å². The molecule has 2 aromatic heterocycles. The summed E-state index contributed by atoms with van der Waals surface area (Å²) >= 11 is 0. The lowest BCUT2D eigenvalue weighted by molar-refractivity contribution is -0.137. The van der Waals surface area contributed by atoms with Crippen molar-refractivity contribution in [2.24, 2.45) is 0 Å². The van der Waals surface area contributed by atoms with Crippen molar-refractivity contribution in [3.8, 4) is 0 Å². The number of methoxy groups -OCH3 is 2. The Labute approximate surface area is 210 Å². The molecule has 0 saturated carbocycles. The average molecular weight is 508 g/mol. The van der Waals surface area contributed by atoms with Gasteiger partial charge in [0.05, 0.1) is 41.9 Å². The number of H-pyrrole nitrogens is 1. The van der Waals surface area contributed by atoms with E-state index in [-0.39, 0.29) is 5.97 Å². The molecular weight excluding hydrogens is 485 g/mol. The molecule has 190 valence electrons. The summed E-state index contributed by atoms with van der Waals surface area (Å²) in [6.07, 6.45) is -0.747. The van der Waals surface area contributed by atoms with Crippen LogP contribution in [0.3, 0.4) is 0 Å². The summed E-state index contributed by atoms with van der Waals surface area (Å²) in [4.78, 5) is 26.2. The number of ether oxygens (including phenoxy) is 2. The highest BCUT2D eigenvalue weighted by atomic mass is 19.4. The number of para-hydroxylation sites is 2. The van der Waals surface area contributed by atoms with Crippen LogP contribution in [0.2, 0.25) is 0 Å². The first-order chi connectivity index (χ1) is 17.7. The topological polar surface area (TPSA) is 73.3 Å². The summed E-state index contributed by atoms with van der Waals surface area (Å²) in [5, 5.41) is 1.88. The van der Waals surface area contributed by atoms with Crippen LogP contribution in [0.15, 0.2) is 85.2 Å². The normalized spacial score (nSPS) is 11.2. The van der Waals surface area contributed by atoms with E-state index in [4.69, 9.17) is 4.74 Å². The number of carbonyl (C=O) groups excluding carboxylic acids is 2. The molecule has 0 unspecified atom stereocenters. The molecule has 2 heterocycles. The average Bonchev–Trinajstić information content (AvgIpc) is 3.55. The van der Waals surface area contributed by atoms with Crippen LogP contribution in [0.4, 0.5) is 13.2 Å². The number of alkyl halides is 3. The molecule has 0 aliphatic heterocycles. The van der Waals surface area contributed by atoms with Crippen LogP contribution in [0.25, 0.3) is 21.8 Å². The maximum Gasteiger partial charge on any atom is 0.416 e. The van der Waals surface area contributed by atoms with E-state index in [1.54, 1.807) is 30.6 Å². The second kappa shape index (κ2) is 10.6. The third-order valence-electron chi connectivity index (χ3n) is 5.82. The summed E-state index contributed by atoms with van der Waals surface area (Å²) in [6.45, 7) is 0.357. The van der Waals surface area contributed by atoms with Gasteiger partial charge in [-0.05, 0) is 42.0 Å². The fourth-order valence-corrected chi connectivity index (χ4v) is 4.03. The number of nitrogens with one attached hydrogen (secondary N) is 1. The fourth-order valence-electron chi connectivity index (χ4n) is 4.03. The van der Waals surface area contributed by atoms with E-state index in [0.717, 1.165) is 28.4 Å². The lowest BCUT2D eigenvalue weighted by atomic mass is 10.1. The summed E-state index contributed by atoms with van der Waals surface area (Å²) in [6, 6.07) is 19.6. The van der Waals surface area contributed by atoms with E-state index in [0.29, 0.717) is 28.8 Å². The van der Waals surface area contributed by atoms with Crippen molar-refractivity contribution in [2.75, 3.05) is 14.2 Å². The SMILES string of the molecule is COC(=O)c1cccc2cc[nH]c12.COC(=O)c1cccc2ccn(Cc3ccc(C(F)(F)F)cc3)c12. The highest BCUT2D eigenvalue weighted by Gasteiger charge is 2.29. The van der Waals surface area contributed by atoms with E-state index in [1.165, 1.54) is 26.4 Å². The van der Waals surface area contributed by atoms with Crippen LogP contribution >= 0.6 is 0 Å². The van der Waals surface area contributed by atoms with Gasteiger partial charge in [0.1, 0.15) is 0 Å². The van der Waals surface area contributed by atoms with E-state index < -0.39 is 17.7 Å². The molecule has 37 heavy (non-hydrogen) atoms. The molecule has 0 fully saturated rings. The molecule has 0 amide bonds. The van der Waals surface area contributed by atoms with Gasteiger partial charge in [-0.1, -0.05) is 36.4 Å². The van der Waals surface area contributed by atoms with Gasteiger partial charge < -0.3 is 19.0 Å². The standard InChI is InChI=1S/C18H14F3NO2.C10H9NO2/c1-24-17(23)15-4-2-3-13-9-10-22(16(13)15)11-12-5-7-14(8-6-12)18(19,20)21;1-13-10(12)8-4-2-3-7-5-6-11-9(7)8/h2-10H,11H2,1H3;2-6,11H,1H3. The monoisotopic (exact) mass is 508 g/mol. The molecule has 0 bridgehead atoms. The quantitative estimate of drug-likeness (QED) is 0.283. The molecule has 0 atom stereocenters. The van der Waals surface area contributed by atoms with Crippen molar-refractivity contribution in [1.29, 1.82) is 0 Å². The first kappa shape index (κ1) is 25.6. The number of hydrogen-bond acceptors (Lipinski definition) is 4. The second-order valence-electron chi connectivity index (χ2n) is 8.11. The molecule has 0 spiro atoms. The highest BCUT2D eigenvalue weighted by molar-refractivity contribution is 6.03. The second-order valence-corrected chi connectivity index (χ2v) is 8.11. The molecule has 0 aliphatic rings. The van der Waals surface area contributed by atoms with Crippen molar-refractivity contribution < 1.29 is 32.2 Å². The highest BCUT2D eigenvalue weighted by Crippen LogP contribution is 2.29. The molecule has 6 nitrogen and oxygen atoms in total. The maximum absolute atomic E-state index is 12.6. The van der Waals surface area contributed by atoms with Gasteiger partial charge in [-0.3, -0.25) is 0 Å². The zero-order valence-electron chi connectivity index (χ0n) is 20.0. The predicted octanol–water partition coefficient (Wildman–Crippen LogP) is 6.45. The van der Waals surface area contributed by atoms with Gasteiger partial charge in [0, 0.05) is 29.7 Å². The van der Waals surface area contributed by atoms with Crippen LogP contribution < -0.4 is 0 Å². The zero-order valence-corrected chi connectivity index (χ0v) is 20.0. The van der Waals surface area contributed by atoms with Gasteiger partial charge in [-0.2, -0.15) is 13.2 Å². The number of benzene rings is 3. The van der Waals surface area contributed by atoms with Crippen molar-refractivity contribution in [3.63, 3.8) is 0 Å². The van der Waals surface area contributed by atoms with E-state index in [9.17, 15) is 22.8 Å². The number of esters is 2. The van der Waals surface area contributed by atoms with Crippen LogP contribution in [-0.4, -0.2) is 35.7 Å². The fraction of sp³-hybridized carbons (Fsp3) is 0.143.